The zero-order valence-electron chi connectivity index (χ0n) is 21.9. The SMILES string of the molecule is CC(C)(C)OC(=O)CN1CCNCN(CC(=O)OC(C)(C)C)CN(CC(=O)OC(C)(C)C)C1. The Morgan fingerprint density at radius 2 is 1.00 bits per heavy atom. The first-order valence-electron chi connectivity index (χ1n) is 11.5. The zero-order valence-corrected chi connectivity index (χ0v) is 21.9. The fourth-order valence-corrected chi connectivity index (χ4v) is 3.21. The van der Waals surface area contributed by atoms with Crippen LogP contribution in [0.2, 0.25) is 0 Å². The van der Waals surface area contributed by atoms with Crippen LogP contribution in [-0.4, -0.2) is 102 Å². The topological polar surface area (TPSA) is 101 Å². The van der Waals surface area contributed by atoms with E-state index in [-0.39, 0.29) is 37.5 Å². The van der Waals surface area contributed by atoms with E-state index in [1.54, 1.807) is 0 Å². The molecular formula is C23H44N4O6. The van der Waals surface area contributed by atoms with E-state index in [0.29, 0.717) is 33.1 Å². The number of nitrogens with one attached hydrogen (secondary N) is 1. The van der Waals surface area contributed by atoms with E-state index in [4.69, 9.17) is 14.2 Å². The van der Waals surface area contributed by atoms with E-state index in [2.05, 4.69) is 5.32 Å². The number of hydrogen-bond donors (Lipinski definition) is 1. The van der Waals surface area contributed by atoms with E-state index in [0.717, 1.165) is 0 Å². The van der Waals surface area contributed by atoms with Gasteiger partial charge in [-0.05, 0) is 62.3 Å². The van der Waals surface area contributed by atoms with E-state index in [9.17, 15) is 14.4 Å². The molecule has 0 saturated carbocycles. The molecule has 0 aromatic heterocycles. The number of nitrogens with zero attached hydrogens (tertiary/aromatic N) is 3. The maximum Gasteiger partial charge on any atom is 0.320 e. The van der Waals surface area contributed by atoms with Crippen molar-refractivity contribution in [2.24, 2.45) is 0 Å². The number of ether oxygens (including phenoxy) is 3. The molecule has 10 nitrogen and oxygen atoms in total. The van der Waals surface area contributed by atoms with Gasteiger partial charge in [0.1, 0.15) is 16.8 Å². The van der Waals surface area contributed by atoms with Gasteiger partial charge in [0.25, 0.3) is 0 Å². The molecule has 1 aliphatic heterocycles. The monoisotopic (exact) mass is 472 g/mol. The van der Waals surface area contributed by atoms with Gasteiger partial charge in [-0.25, -0.2) is 0 Å². The van der Waals surface area contributed by atoms with Gasteiger partial charge in [-0.2, -0.15) is 0 Å². The molecule has 0 atom stereocenters. The summed E-state index contributed by atoms with van der Waals surface area (Å²) in [6.07, 6.45) is 0. The molecule has 192 valence electrons. The molecule has 1 heterocycles. The molecule has 1 rings (SSSR count). The zero-order chi connectivity index (χ0) is 25.4. The Labute approximate surface area is 198 Å². The molecule has 0 bridgehead atoms. The van der Waals surface area contributed by atoms with Crippen LogP contribution in [0.5, 0.6) is 0 Å². The Hall–Kier alpha value is -1.75. The van der Waals surface area contributed by atoms with Crippen molar-refractivity contribution < 1.29 is 28.6 Å². The molecule has 0 radical (unpaired) electrons. The van der Waals surface area contributed by atoms with Gasteiger partial charge >= 0.3 is 17.9 Å². The Morgan fingerprint density at radius 3 is 1.42 bits per heavy atom. The quantitative estimate of drug-likeness (QED) is 0.451. The van der Waals surface area contributed by atoms with Crippen molar-refractivity contribution in [3.63, 3.8) is 0 Å². The fraction of sp³-hybridized carbons (Fsp3) is 0.870. The van der Waals surface area contributed by atoms with Crippen LogP contribution in [-0.2, 0) is 28.6 Å². The molecule has 1 N–H and O–H groups in total. The Kier molecular flexibility index (Phi) is 10.7. The number of carbonyl (C=O) groups excluding carboxylic acids is 3. The van der Waals surface area contributed by atoms with Crippen LogP contribution in [0.4, 0.5) is 0 Å². The minimum absolute atomic E-state index is 0.0207. The fourth-order valence-electron chi connectivity index (χ4n) is 3.21. The van der Waals surface area contributed by atoms with Gasteiger partial charge in [0.2, 0.25) is 0 Å². The van der Waals surface area contributed by atoms with E-state index >= 15 is 0 Å². The molecule has 0 spiro atoms. The van der Waals surface area contributed by atoms with Crippen molar-refractivity contribution in [1.82, 2.24) is 20.0 Å². The second kappa shape index (κ2) is 12.1. The van der Waals surface area contributed by atoms with Crippen LogP contribution in [0.15, 0.2) is 0 Å². The number of carbonyl (C=O) groups is 3. The largest absolute Gasteiger partial charge is 0.459 e. The van der Waals surface area contributed by atoms with Crippen molar-refractivity contribution in [3.8, 4) is 0 Å². The van der Waals surface area contributed by atoms with Gasteiger partial charge in [-0.15, -0.1) is 0 Å². The van der Waals surface area contributed by atoms with Gasteiger partial charge in [0, 0.05) is 19.8 Å². The molecule has 1 aliphatic rings. The lowest BCUT2D eigenvalue weighted by atomic mass is 10.2. The van der Waals surface area contributed by atoms with Crippen molar-refractivity contribution in [3.05, 3.63) is 0 Å². The molecule has 0 aromatic carbocycles. The highest BCUT2D eigenvalue weighted by Crippen LogP contribution is 2.11. The lowest BCUT2D eigenvalue weighted by Crippen LogP contribution is -2.49. The summed E-state index contributed by atoms with van der Waals surface area (Å²) in [5, 5.41) is 3.29. The van der Waals surface area contributed by atoms with Crippen LogP contribution in [0.1, 0.15) is 62.3 Å². The molecule has 1 fully saturated rings. The third-order valence-electron chi connectivity index (χ3n) is 4.06. The highest BCUT2D eigenvalue weighted by Gasteiger charge is 2.27. The summed E-state index contributed by atoms with van der Waals surface area (Å²) in [6.45, 7) is 18.9. The number of rotatable bonds is 6. The standard InChI is InChI=1S/C23H44N4O6/c1-21(2,3)31-18(28)12-25-11-10-24-15-26(13-19(29)32-22(4,5)6)17-27(16-25)14-20(30)33-23(7,8)9/h24H,10-17H2,1-9H3. The number of esters is 3. The van der Waals surface area contributed by atoms with Crippen LogP contribution in [0.3, 0.4) is 0 Å². The minimum atomic E-state index is -0.606. The first-order chi connectivity index (χ1) is 14.9. The predicted molar refractivity (Wildman–Crippen MR) is 125 cm³/mol. The Balaban J connectivity index is 2.93. The Morgan fingerprint density at radius 1 is 0.636 bits per heavy atom. The van der Waals surface area contributed by atoms with Crippen LogP contribution in [0.25, 0.3) is 0 Å². The van der Waals surface area contributed by atoms with Crippen LogP contribution < -0.4 is 5.32 Å². The van der Waals surface area contributed by atoms with E-state index in [1.807, 2.05) is 77.0 Å². The maximum atomic E-state index is 12.5. The van der Waals surface area contributed by atoms with Gasteiger partial charge in [0.15, 0.2) is 0 Å². The predicted octanol–water partition coefficient (Wildman–Crippen LogP) is 1.39. The summed E-state index contributed by atoms with van der Waals surface area (Å²) in [7, 11) is 0. The minimum Gasteiger partial charge on any atom is -0.459 e. The van der Waals surface area contributed by atoms with Gasteiger partial charge in [-0.3, -0.25) is 29.1 Å². The molecule has 10 heteroatoms. The molecule has 1 saturated heterocycles. The third kappa shape index (κ3) is 14.9. The molecule has 0 aliphatic carbocycles. The summed E-state index contributed by atoms with van der Waals surface area (Å²) in [5.74, 6) is -1.04. The van der Waals surface area contributed by atoms with Crippen molar-refractivity contribution in [2.45, 2.75) is 79.1 Å². The first-order valence-corrected chi connectivity index (χ1v) is 11.5. The second-order valence-corrected chi connectivity index (χ2v) is 11.4. The van der Waals surface area contributed by atoms with Gasteiger partial charge in [0.05, 0.1) is 33.0 Å². The first kappa shape index (κ1) is 29.3. The summed E-state index contributed by atoms with van der Waals surface area (Å²) in [4.78, 5) is 43.0. The highest BCUT2D eigenvalue weighted by molar-refractivity contribution is 5.73. The normalized spacial score (nSPS) is 18.1. The second-order valence-electron chi connectivity index (χ2n) is 11.4. The molecule has 0 aromatic rings. The lowest BCUT2D eigenvalue weighted by molar-refractivity contribution is -0.158. The Bertz CT molecular complexity index is 621. The summed E-state index contributed by atoms with van der Waals surface area (Å²) >= 11 is 0. The lowest BCUT2D eigenvalue weighted by Gasteiger charge is -2.33. The molecule has 0 amide bonds. The average Bonchev–Trinajstić information content (AvgIpc) is 2.60. The molecule has 0 unspecified atom stereocenters. The average molecular weight is 473 g/mol. The highest BCUT2D eigenvalue weighted by atomic mass is 16.6. The van der Waals surface area contributed by atoms with Crippen molar-refractivity contribution >= 4 is 17.9 Å². The van der Waals surface area contributed by atoms with E-state index < -0.39 is 16.8 Å². The summed E-state index contributed by atoms with van der Waals surface area (Å²) in [6, 6.07) is 0. The van der Waals surface area contributed by atoms with Crippen molar-refractivity contribution in [2.75, 3.05) is 52.7 Å². The van der Waals surface area contributed by atoms with Crippen LogP contribution in [0, 0.1) is 0 Å². The molecular weight excluding hydrogens is 428 g/mol. The van der Waals surface area contributed by atoms with Gasteiger partial charge in [-0.1, -0.05) is 0 Å². The smallest absolute Gasteiger partial charge is 0.320 e. The van der Waals surface area contributed by atoms with Crippen LogP contribution >= 0.6 is 0 Å². The summed E-state index contributed by atoms with van der Waals surface area (Å²) in [5.41, 5.74) is -1.76. The van der Waals surface area contributed by atoms with Gasteiger partial charge < -0.3 is 19.5 Å². The van der Waals surface area contributed by atoms with E-state index in [1.165, 1.54) is 0 Å². The van der Waals surface area contributed by atoms with Crippen molar-refractivity contribution in [1.29, 1.82) is 0 Å². The third-order valence-corrected chi connectivity index (χ3v) is 4.06. The summed E-state index contributed by atoms with van der Waals surface area (Å²) < 4.78 is 16.4. The maximum absolute atomic E-state index is 12.5. The molecule has 33 heavy (non-hydrogen) atoms. The number of hydrogen-bond acceptors (Lipinski definition) is 10.